The van der Waals surface area contributed by atoms with Crippen molar-refractivity contribution >= 4 is 52.2 Å². The Morgan fingerprint density at radius 3 is 1.22 bits per heavy atom. The van der Waals surface area contributed by atoms with E-state index < -0.39 is 0 Å². The summed E-state index contributed by atoms with van der Waals surface area (Å²) in [4.78, 5) is 2.32. The maximum atomic E-state index is 2.36. The standard InChI is InChI=1S/C42H31BN2/c43-34-20-28-37(29-21-34)44(35-22-14-31(15-23-35)30-8-2-1-3-9-30)36-24-16-32(17-25-36)33-18-26-38(27-19-33)45-41-12-6-4-10-39(41)40-11-5-7-13-42(40)45/h1-29H,43H2. The van der Waals surface area contributed by atoms with Gasteiger partial charge in [-0.05, 0) is 82.9 Å². The number of hydrogen-bond acceptors (Lipinski definition) is 1. The summed E-state index contributed by atoms with van der Waals surface area (Å²) in [6, 6.07) is 63.2. The van der Waals surface area contributed by atoms with Crippen LogP contribution in [0.1, 0.15) is 0 Å². The SMILES string of the molecule is Bc1ccc(N(c2ccc(-c3ccccc3)cc2)c2ccc(-c3ccc(-n4c5ccccc5c5ccccc54)cc3)cc2)cc1. The van der Waals surface area contributed by atoms with Gasteiger partial charge in [-0.25, -0.2) is 0 Å². The minimum Gasteiger partial charge on any atom is -0.311 e. The molecule has 0 atom stereocenters. The number of nitrogens with zero attached hydrogens (tertiary/aromatic N) is 2. The minimum atomic E-state index is 1.12. The van der Waals surface area contributed by atoms with E-state index in [1.165, 1.54) is 49.5 Å². The Bertz CT molecular complexity index is 2180. The van der Waals surface area contributed by atoms with Gasteiger partial charge in [-0.2, -0.15) is 0 Å². The van der Waals surface area contributed by atoms with Crippen LogP contribution < -0.4 is 10.4 Å². The molecular formula is C42H31BN2. The second kappa shape index (κ2) is 11.4. The van der Waals surface area contributed by atoms with Crippen LogP contribution in [0.15, 0.2) is 176 Å². The van der Waals surface area contributed by atoms with Crippen molar-refractivity contribution in [2.75, 3.05) is 4.90 Å². The van der Waals surface area contributed by atoms with Gasteiger partial charge in [0.25, 0.3) is 0 Å². The first-order valence-electron chi connectivity index (χ1n) is 15.4. The Kier molecular flexibility index (Phi) is 6.77. The highest BCUT2D eigenvalue weighted by atomic mass is 15.1. The van der Waals surface area contributed by atoms with E-state index in [4.69, 9.17) is 0 Å². The van der Waals surface area contributed by atoms with E-state index in [1.54, 1.807) is 0 Å². The molecule has 0 bridgehead atoms. The molecular weight excluding hydrogens is 543 g/mol. The summed E-state index contributed by atoms with van der Waals surface area (Å²) in [6.45, 7) is 0. The predicted octanol–water partition coefficient (Wildman–Crippen LogP) is 9.85. The predicted molar refractivity (Wildman–Crippen MR) is 195 cm³/mol. The van der Waals surface area contributed by atoms with Gasteiger partial charge in [0.2, 0.25) is 0 Å². The lowest BCUT2D eigenvalue weighted by molar-refractivity contribution is 1.18. The maximum Gasteiger partial charge on any atom is 0.139 e. The lowest BCUT2D eigenvalue weighted by Gasteiger charge is -2.26. The third-order valence-electron chi connectivity index (χ3n) is 8.69. The topological polar surface area (TPSA) is 8.17 Å². The Hall–Kier alpha value is -5.80. The quantitative estimate of drug-likeness (QED) is 0.180. The first kappa shape index (κ1) is 26.8. The number of aromatic nitrogens is 1. The van der Waals surface area contributed by atoms with E-state index in [0.717, 1.165) is 22.7 Å². The zero-order valence-electron chi connectivity index (χ0n) is 25.1. The van der Waals surface area contributed by atoms with Gasteiger partial charge in [0.1, 0.15) is 7.85 Å². The molecule has 1 heterocycles. The van der Waals surface area contributed by atoms with Crippen LogP contribution in [-0.4, -0.2) is 12.4 Å². The third-order valence-corrected chi connectivity index (χ3v) is 8.69. The fraction of sp³-hybridized carbons (Fsp3) is 0. The number of benzene rings is 7. The summed E-state index contributed by atoms with van der Waals surface area (Å²) in [5, 5.41) is 2.56. The van der Waals surface area contributed by atoms with Crippen molar-refractivity contribution in [3.63, 3.8) is 0 Å². The summed E-state index contributed by atoms with van der Waals surface area (Å²) >= 11 is 0. The molecule has 2 nitrogen and oxygen atoms in total. The van der Waals surface area contributed by atoms with E-state index >= 15 is 0 Å². The summed E-state index contributed by atoms with van der Waals surface area (Å²) in [6.07, 6.45) is 0. The zero-order chi connectivity index (χ0) is 30.2. The molecule has 0 spiro atoms. The van der Waals surface area contributed by atoms with Crippen LogP contribution in [-0.2, 0) is 0 Å². The summed E-state index contributed by atoms with van der Waals surface area (Å²) < 4.78 is 2.36. The average Bonchev–Trinajstić information content (AvgIpc) is 3.45. The van der Waals surface area contributed by atoms with Crippen molar-refractivity contribution < 1.29 is 0 Å². The highest BCUT2D eigenvalue weighted by molar-refractivity contribution is 6.32. The summed E-state index contributed by atoms with van der Waals surface area (Å²) in [5.74, 6) is 0. The van der Waals surface area contributed by atoms with Gasteiger partial charge in [0.05, 0.1) is 11.0 Å². The van der Waals surface area contributed by atoms with Gasteiger partial charge < -0.3 is 9.47 Å². The molecule has 8 rings (SSSR count). The van der Waals surface area contributed by atoms with Gasteiger partial charge in [-0.3, -0.25) is 0 Å². The van der Waals surface area contributed by atoms with Gasteiger partial charge in [0.15, 0.2) is 0 Å². The molecule has 0 saturated carbocycles. The van der Waals surface area contributed by atoms with Gasteiger partial charge >= 0.3 is 0 Å². The number of rotatable bonds is 6. The normalized spacial score (nSPS) is 11.2. The van der Waals surface area contributed by atoms with E-state index in [0.29, 0.717) is 0 Å². The molecule has 1 aromatic heterocycles. The first-order valence-corrected chi connectivity index (χ1v) is 15.4. The number of para-hydroxylation sites is 2. The second-order valence-corrected chi connectivity index (χ2v) is 11.5. The maximum absolute atomic E-state index is 2.36. The Balaban J connectivity index is 1.12. The molecule has 0 amide bonds. The van der Waals surface area contributed by atoms with Crippen LogP contribution in [0.2, 0.25) is 0 Å². The Morgan fingerprint density at radius 2 is 0.733 bits per heavy atom. The van der Waals surface area contributed by atoms with Gasteiger partial charge in [-0.1, -0.05) is 121 Å². The second-order valence-electron chi connectivity index (χ2n) is 11.5. The van der Waals surface area contributed by atoms with Crippen molar-refractivity contribution in [3.8, 4) is 27.9 Å². The molecule has 0 aliphatic heterocycles. The number of fused-ring (bicyclic) bond motifs is 3. The first-order chi connectivity index (χ1) is 22.2. The summed E-state index contributed by atoms with van der Waals surface area (Å²) in [5.41, 5.74) is 13.1. The van der Waals surface area contributed by atoms with Crippen LogP contribution in [0.25, 0.3) is 49.7 Å². The molecule has 0 fully saturated rings. The Labute approximate surface area is 264 Å². The molecule has 212 valence electrons. The van der Waals surface area contributed by atoms with Crippen LogP contribution in [0.4, 0.5) is 17.1 Å². The third kappa shape index (κ3) is 4.99. The van der Waals surface area contributed by atoms with Crippen molar-refractivity contribution in [2.45, 2.75) is 0 Å². The average molecular weight is 575 g/mol. The molecule has 0 aliphatic rings. The van der Waals surface area contributed by atoms with E-state index in [1.807, 2.05) is 0 Å². The number of hydrogen-bond donors (Lipinski definition) is 0. The number of anilines is 3. The smallest absolute Gasteiger partial charge is 0.139 e. The van der Waals surface area contributed by atoms with Crippen molar-refractivity contribution in [1.29, 1.82) is 0 Å². The molecule has 3 heteroatoms. The lowest BCUT2D eigenvalue weighted by atomic mass is 9.96. The molecule has 45 heavy (non-hydrogen) atoms. The van der Waals surface area contributed by atoms with E-state index in [9.17, 15) is 0 Å². The van der Waals surface area contributed by atoms with E-state index in [-0.39, 0.29) is 0 Å². The highest BCUT2D eigenvalue weighted by Crippen LogP contribution is 2.37. The fourth-order valence-electron chi connectivity index (χ4n) is 6.38. The van der Waals surface area contributed by atoms with Crippen molar-refractivity contribution in [2.24, 2.45) is 0 Å². The van der Waals surface area contributed by atoms with Crippen molar-refractivity contribution in [3.05, 3.63) is 176 Å². The Morgan fingerprint density at radius 1 is 0.356 bits per heavy atom. The largest absolute Gasteiger partial charge is 0.311 e. The minimum absolute atomic E-state index is 1.12. The summed E-state index contributed by atoms with van der Waals surface area (Å²) in [7, 11) is 2.13. The molecule has 0 unspecified atom stereocenters. The van der Waals surface area contributed by atoms with Crippen LogP contribution >= 0.6 is 0 Å². The molecule has 0 radical (unpaired) electrons. The fourth-order valence-corrected chi connectivity index (χ4v) is 6.38. The molecule has 8 aromatic rings. The highest BCUT2D eigenvalue weighted by Gasteiger charge is 2.14. The lowest BCUT2D eigenvalue weighted by Crippen LogP contribution is -2.11. The monoisotopic (exact) mass is 574 g/mol. The van der Waals surface area contributed by atoms with Gasteiger partial charge in [-0.15, -0.1) is 0 Å². The molecule has 7 aromatic carbocycles. The van der Waals surface area contributed by atoms with Crippen LogP contribution in [0, 0.1) is 0 Å². The van der Waals surface area contributed by atoms with Crippen LogP contribution in [0.5, 0.6) is 0 Å². The van der Waals surface area contributed by atoms with Crippen LogP contribution in [0.3, 0.4) is 0 Å². The molecule has 0 saturated heterocycles. The van der Waals surface area contributed by atoms with Crippen molar-refractivity contribution in [1.82, 2.24) is 4.57 Å². The van der Waals surface area contributed by atoms with Gasteiger partial charge in [0, 0.05) is 33.5 Å². The molecule has 0 N–H and O–H groups in total. The van der Waals surface area contributed by atoms with E-state index in [2.05, 4.69) is 193 Å². The zero-order valence-corrected chi connectivity index (χ0v) is 25.1. The molecule has 0 aliphatic carbocycles.